The van der Waals surface area contributed by atoms with Crippen LogP contribution in [0.1, 0.15) is 21.5 Å². The molecule has 1 aromatic rings. The third-order valence-corrected chi connectivity index (χ3v) is 1.70. The molecule has 0 aromatic heterocycles. The molecule has 0 radical (unpaired) electrons. The van der Waals surface area contributed by atoms with Gasteiger partial charge in [0.15, 0.2) is 6.29 Å². The van der Waals surface area contributed by atoms with E-state index in [4.69, 9.17) is 5.11 Å². The van der Waals surface area contributed by atoms with Crippen molar-refractivity contribution in [3.8, 4) is 0 Å². The predicted molar refractivity (Wildman–Crippen MR) is 42.5 cm³/mol. The minimum Gasteiger partial charge on any atom is -0.392 e. The van der Waals surface area contributed by atoms with Gasteiger partial charge in [-0.3, -0.25) is 4.79 Å². The molecule has 58 valence electrons. The molecule has 1 rings (SSSR count). The molecule has 1 aromatic carbocycles. The molecular weight excluding hydrogens is 140 g/mol. The Morgan fingerprint density at radius 3 is 2.73 bits per heavy atom. The van der Waals surface area contributed by atoms with E-state index in [0.717, 1.165) is 11.8 Å². The van der Waals surface area contributed by atoms with Gasteiger partial charge in [-0.05, 0) is 18.1 Å². The lowest BCUT2D eigenvalue weighted by Gasteiger charge is -2.02. The summed E-state index contributed by atoms with van der Waals surface area (Å²) in [5, 5.41) is 8.82. The van der Waals surface area contributed by atoms with Gasteiger partial charge in [-0.1, -0.05) is 18.2 Å². The smallest absolute Gasteiger partial charge is 0.150 e. The Morgan fingerprint density at radius 2 is 2.27 bits per heavy atom. The Morgan fingerprint density at radius 1 is 1.55 bits per heavy atom. The van der Waals surface area contributed by atoms with Gasteiger partial charge in [0.1, 0.15) is 0 Å². The number of benzene rings is 1. The first kappa shape index (κ1) is 7.95. The number of aryl methyl sites for hydroxylation is 1. The largest absolute Gasteiger partial charge is 0.392 e. The highest BCUT2D eigenvalue weighted by atomic mass is 16.3. The van der Waals surface area contributed by atoms with Gasteiger partial charge in [0.05, 0.1) is 6.61 Å². The van der Waals surface area contributed by atoms with Gasteiger partial charge >= 0.3 is 0 Å². The summed E-state index contributed by atoms with van der Waals surface area (Å²) >= 11 is 0. The van der Waals surface area contributed by atoms with Gasteiger partial charge in [0.2, 0.25) is 0 Å². The van der Waals surface area contributed by atoms with Gasteiger partial charge in [-0.15, -0.1) is 0 Å². The molecule has 0 aliphatic rings. The van der Waals surface area contributed by atoms with E-state index in [9.17, 15) is 4.79 Å². The van der Waals surface area contributed by atoms with E-state index >= 15 is 0 Å². The average Bonchev–Trinajstić information content (AvgIpc) is 2.04. The third kappa shape index (κ3) is 1.46. The summed E-state index contributed by atoms with van der Waals surface area (Å²) in [6.07, 6.45) is 0.779. The van der Waals surface area contributed by atoms with Gasteiger partial charge in [0.25, 0.3) is 0 Å². The van der Waals surface area contributed by atoms with Crippen molar-refractivity contribution in [2.75, 3.05) is 0 Å². The topological polar surface area (TPSA) is 37.3 Å². The van der Waals surface area contributed by atoms with Crippen molar-refractivity contribution in [2.24, 2.45) is 0 Å². The van der Waals surface area contributed by atoms with Crippen molar-refractivity contribution < 1.29 is 9.90 Å². The minimum atomic E-state index is -0.0737. The van der Waals surface area contributed by atoms with Crippen LogP contribution in [0.25, 0.3) is 0 Å². The summed E-state index contributed by atoms with van der Waals surface area (Å²) in [7, 11) is 0. The molecule has 1 N–H and O–H groups in total. The Balaban J connectivity index is 3.24. The maximum Gasteiger partial charge on any atom is 0.150 e. The third-order valence-electron chi connectivity index (χ3n) is 1.70. The van der Waals surface area contributed by atoms with Crippen LogP contribution < -0.4 is 0 Å². The van der Waals surface area contributed by atoms with E-state index < -0.39 is 0 Å². The van der Waals surface area contributed by atoms with Crippen LogP contribution in [0.15, 0.2) is 18.2 Å². The van der Waals surface area contributed by atoms with Crippen molar-refractivity contribution in [2.45, 2.75) is 13.5 Å². The lowest BCUT2D eigenvalue weighted by molar-refractivity contribution is 0.112. The van der Waals surface area contributed by atoms with E-state index in [-0.39, 0.29) is 6.61 Å². The van der Waals surface area contributed by atoms with Crippen LogP contribution in [0.2, 0.25) is 0 Å². The fraction of sp³-hybridized carbons (Fsp3) is 0.222. The Hall–Kier alpha value is -1.15. The van der Waals surface area contributed by atoms with Crippen molar-refractivity contribution in [3.05, 3.63) is 34.9 Å². The van der Waals surface area contributed by atoms with Crippen LogP contribution in [0.4, 0.5) is 0 Å². The fourth-order valence-electron chi connectivity index (χ4n) is 1.05. The lowest BCUT2D eigenvalue weighted by Crippen LogP contribution is -1.94. The molecule has 0 saturated carbocycles. The van der Waals surface area contributed by atoms with Gasteiger partial charge < -0.3 is 5.11 Å². The van der Waals surface area contributed by atoms with E-state index in [1.165, 1.54) is 0 Å². The Bertz CT molecular complexity index is 266. The number of aldehydes is 1. The van der Waals surface area contributed by atoms with Crippen molar-refractivity contribution in [1.29, 1.82) is 0 Å². The van der Waals surface area contributed by atoms with Crippen LogP contribution in [-0.2, 0) is 6.61 Å². The summed E-state index contributed by atoms with van der Waals surface area (Å²) in [6.45, 7) is 1.78. The molecule has 0 atom stereocenters. The fourth-order valence-corrected chi connectivity index (χ4v) is 1.05. The highest BCUT2D eigenvalue weighted by Crippen LogP contribution is 2.11. The summed E-state index contributed by atoms with van der Waals surface area (Å²) in [4.78, 5) is 10.5. The highest BCUT2D eigenvalue weighted by molar-refractivity contribution is 5.79. The normalized spacial score (nSPS) is 9.64. The highest BCUT2D eigenvalue weighted by Gasteiger charge is 2.01. The number of hydrogen-bond donors (Lipinski definition) is 1. The zero-order valence-corrected chi connectivity index (χ0v) is 6.37. The van der Waals surface area contributed by atoms with Crippen LogP contribution in [0.3, 0.4) is 0 Å². The SMILES string of the molecule is Cc1cccc(CO)c1C=O. The molecule has 0 heterocycles. The number of hydrogen-bond acceptors (Lipinski definition) is 2. The number of aliphatic hydroxyl groups excluding tert-OH is 1. The lowest BCUT2D eigenvalue weighted by atomic mass is 10.0. The molecule has 0 aliphatic carbocycles. The van der Waals surface area contributed by atoms with Gasteiger partial charge in [-0.2, -0.15) is 0 Å². The quantitative estimate of drug-likeness (QED) is 0.645. The first-order valence-corrected chi connectivity index (χ1v) is 3.44. The van der Waals surface area contributed by atoms with E-state index in [2.05, 4.69) is 0 Å². The zero-order valence-electron chi connectivity index (χ0n) is 6.37. The summed E-state index contributed by atoms with van der Waals surface area (Å²) in [6, 6.07) is 5.42. The summed E-state index contributed by atoms with van der Waals surface area (Å²) in [5.74, 6) is 0. The Labute approximate surface area is 65.5 Å². The van der Waals surface area contributed by atoms with Crippen molar-refractivity contribution in [3.63, 3.8) is 0 Å². The summed E-state index contributed by atoms with van der Waals surface area (Å²) < 4.78 is 0. The van der Waals surface area contributed by atoms with Crippen molar-refractivity contribution in [1.82, 2.24) is 0 Å². The maximum atomic E-state index is 10.5. The second kappa shape index (κ2) is 3.30. The van der Waals surface area contributed by atoms with Crippen LogP contribution in [0, 0.1) is 6.92 Å². The van der Waals surface area contributed by atoms with E-state index in [0.29, 0.717) is 11.1 Å². The molecule has 0 amide bonds. The van der Waals surface area contributed by atoms with Crippen LogP contribution in [0.5, 0.6) is 0 Å². The molecule has 0 unspecified atom stereocenters. The standard InChI is InChI=1S/C9H10O2/c1-7-3-2-4-8(5-10)9(7)6-11/h2-4,6,10H,5H2,1H3. The van der Waals surface area contributed by atoms with Crippen LogP contribution >= 0.6 is 0 Å². The second-order valence-corrected chi connectivity index (χ2v) is 2.42. The number of carbonyl (C=O) groups excluding carboxylic acids is 1. The molecule has 0 spiro atoms. The zero-order chi connectivity index (χ0) is 8.27. The molecule has 11 heavy (non-hydrogen) atoms. The van der Waals surface area contributed by atoms with Crippen molar-refractivity contribution >= 4 is 6.29 Å². The molecule has 0 bridgehead atoms. The minimum absolute atomic E-state index is 0.0737. The molecule has 0 fully saturated rings. The van der Waals surface area contributed by atoms with Crippen LogP contribution in [-0.4, -0.2) is 11.4 Å². The maximum absolute atomic E-state index is 10.5. The molecule has 0 saturated heterocycles. The molecule has 2 heteroatoms. The van der Waals surface area contributed by atoms with Gasteiger partial charge in [0, 0.05) is 5.56 Å². The number of rotatable bonds is 2. The number of aliphatic hydroxyl groups is 1. The monoisotopic (exact) mass is 150 g/mol. The first-order valence-electron chi connectivity index (χ1n) is 3.44. The predicted octanol–water partition coefficient (Wildman–Crippen LogP) is 1.30. The first-order chi connectivity index (χ1) is 5.29. The number of carbonyl (C=O) groups is 1. The summed E-state index contributed by atoms with van der Waals surface area (Å²) in [5.41, 5.74) is 2.21. The Kier molecular flexibility index (Phi) is 2.39. The van der Waals surface area contributed by atoms with E-state index in [1.54, 1.807) is 6.07 Å². The molecule has 2 nitrogen and oxygen atoms in total. The molecule has 0 aliphatic heterocycles. The average molecular weight is 150 g/mol. The second-order valence-electron chi connectivity index (χ2n) is 2.42. The van der Waals surface area contributed by atoms with Gasteiger partial charge in [-0.25, -0.2) is 0 Å². The molecular formula is C9H10O2. The van der Waals surface area contributed by atoms with E-state index in [1.807, 2.05) is 19.1 Å².